The van der Waals surface area contributed by atoms with Gasteiger partial charge in [-0.25, -0.2) is 0 Å². The van der Waals surface area contributed by atoms with E-state index in [-0.39, 0.29) is 0 Å². The molecule has 2 aromatic carbocycles. The highest BCUT2D eigenvalue weighted by atomic mass is 35.5. The quantitative estimate of drug-likeness (QED) is 0.597. The van der Waals surface area contributed by atoms with E-state index in [1.807, 2.05) is 48.5 Å². The number of hydrogen-bond acceptors (Lipinski definition) is 2. The van der Waals surface area contributed by atoms with Crippen molar-refractivity contribution in [1.82, 2.24) is 0 Å². The summed E-state index contributed by atoms with van der Waals surface area (Å²) in [5.41, 5.74) is 1.74. The Hall–Kier alpha value is -1.25. The van der Waals surface area contributed by atoms with Gasteiger partial charge >= 0.3 is 0 Å². The van der Waals surface area contributed by atoms with Crippen LogP contribution in [-0.4, -0.2) is 6.21 Å². The predicted molar refractivity (Wildman–Crippen MR) is 72.4 cm³/mol. The number of para-hydroxylation sites is 1. The smallest absolute Gasteiger partial charge is 0.0763 e. The highest BCUT2D eigenvalue weighted by Crippen LogP contribution is 2.22. The molecule has 1 nitrogen and oxygen atoms in total. The minimum Gasteiger partial charge on any atom is -0.255 e. The van der Waals surface area contributed by atoms with Crippen LogP contribution in [0.1, 0.15) is 5.56 Å². The van der Waals surface area contributed by atoms with E-state index in [0.717, 1.165) is 16.1 Å². The van der Waals surface area contributed by atoms with Gasteiger partial charge in [0.25, 0.3) is 0 Å². The third-order valence-corrected chi connectivity index (χ3v) is 2.85. The van der Waals surface area contributed by atoms with E-state index in [1.165, 1.54) is 0 Å². The molecule has 2 rings (SSSR count). The van der Waals surface area contributed by atoms with Crippen LogP contribution in [0.5, 0.6) is 0 Å². The predicted octanol–water partition coefficient (Wildman–Crippen LogP) is 4.38. The third-order valence-electron chi connectivity index (χ3n) is 2.13. The summed E-state index contributed by atoms with van der Waals surface area (Å²) in [4.78, 5) is 5.20. The first kappa shape index (κ1) is 11.2. The van der Waals surface area contributed by atoms with Gasteiger partial charge in [-0.3, -0.25) is 4.99 Å². The Balaban J connectivity index is 2.29. The average Bonchev–Trinajstić information content (AvgIpc) is 2.30. The van der Waals surface area contributed by atoms with E-state index in [1.54, 1.807) is 6.21 Å². The van der Waals surface area contributed by atoms with E-state index in [9.17, 15) is 0 Å². The lowest BCUT2D eigenvalue weighted by Gasteiger charge is -1.98. The first-order chi connectivity index (χ1) is 7.77. The van der Waals surface area contributed by atoms with Gasteiger partial charge in [0.15, 0.2) is 0 Å². The van der Waals surface area contributed by atoms with Gasteiger partial charge in [0, 0.05) is 21.7 Å². The summed E-state index contributed by atoms with van der Waals surface area (Å²) in [6.07, 6.45) is 1.75. The first-order valence-electron chi connectivity index (χ1n) is 4.84. The maximum Gasteiger partial charge on any atom is 0.0763 e. The number of benzene rings is 2. The van der Waals surface area contributed by atoms with Gasteiger partial charge in [0.05, 0.1) is 5.69 Å². The van der Waals surface area contributed by atoms with E-state index in [0.29, 0.717) is 5.02 Å². The molecule has 0 atom stereocenters. The minimum atomic E-state index is 0.697. The van der Waals surface area contributed by atoms with Crippen LogP contribution >= 0.6 is 24.2 Å². The highest BCUT2D eigenvalue weighted by molar-refractivity contribution is 7.80. The summed E-state index contributed by atoms with van der Waals surface area (Å²) in [5.74, 6) is 0. The molecule has 0 unspecified atom stereocenters. The van der Waals surface area contributed by atoms with Gasteiger partial charge in [-0.2, -0.15) is 0 Å². The summed E-state index contributed by atoms with van der Waals surface area (Å²) in [6, 6.07) is 15.3. The highest BCUT2D eigenvalue weighted by Gasteiger charge is 1.96. The normalized spacial score (nSPS) is 10.9. The third kappa shape index (κ3) is 2.65. The standard InChI is InChI=1S/C13H10ClNS/c14-11-6-2-1-5-10(11)9-15-12-7-3-4-8-13(12)16/h1-9,16H. The molecule has 0 saturated carbocycles. The molecule has 0 aliphatic rings. The molecule has 3 heteroatoms. The van der Waals surface area contributed by atoms with Crippen molar-refractivity contribution < 1.29 is 0 Å². The second-order valence-electron chi connectivity index (χ2n) is 3.27. The summed E-state index contributed by atoms with van der Waals surface area (Å²) in [6.45, 7) is 0. The molecule has 2 aromatic rings. The summed E-state index contributed by atoms with van der Waals surface area (Å²) in [5, 5.41) is 0.697. The SMILES string of the molecule is Sc1ccccc1N=Cc1ccccc1Cl. The molecule has 0 N–H and O–H groups in total. The van der Waals surface area contributed by atoms with E-state index in [4.69, 9.17) is 11.6 Å². The van der Waals surface area contributed by atoms with Crippen LogP contribution in [0.25, 0.3) is 0 Å². The van der Waals surface area contributed by atoms with Gasteiger partial charge in [0.1, 0.15) is 0 Å². The van der Waals surface area contributed by atoms with Crippen LogP contribution in [0.2, 0.25) is 5.02 Å². The Morgan fingerprint density at radius 2 is 1.69 bits per heavy atom. The fourth-order valence-electron chi connectivity index (χ4n) is 1.29. The Kier molecular flexibility index (Phi) is 3.65. The zero-order valence-corrected chi connectivity index (χ0v) is 10.1. The van der Waals surface area contributed by atoms with Crippen molar-refractivity contribution in [2.45, 2.75) is 4.90 Å². The number of thiol groups is 1. The van der Waals surface area contributed by atoms with Crippen LogP contribution in [0, 0.1) is 0 Å². The molecule has 0 spiro atoms. The van der Waals surface area contributed by atoms with Crippen LogP contribution in [0.4, 0.5) is 5.69 Å². The molecule has 16 heavy (non-hydrogen) atoms. The molecular formula is C13H10ClNS. The van der Waals surface area contributed by atoms with E-state index in [2.05, 4.69) is 17.6 Å². The molecule has 0 aliphatic carbocycles. The van der Waals surface area contributed by atoms with Crippen LogP contribution in [0.3, 0.4) is 0 Å². The van der Waals surface area contributed by atoms with E-state index >= 15 is 0 Å². The molecule has 0 heterocycles. The Bertz CT molecular complexity index is 475. The van der Waals surface area contributed by atoms with Gasteiger partial charge < -0.3 is 0 Å². The van der Waals surface area contributed by atoms with Crippen LogP contribution < -0.4 is 0 Å². The van der Waals surface area contributed by atoms with Gasteiger partial charge in [0.2, 0.25) is 0 Å². The molecule has 80 valence electrons. The number of aliphatic imine (C=N–C) groups is 1. The van der Waals surface area contributed by atoms with Crippen molar-refractivity contribution in [2.24, 2.45) is 4.99 Å². The Morgan fingerprint density at radius 1 is 1.00 bits per heavy atom. The van der Waals surface area contributed by atoms with Crippen molar-refractivity contribution >= 4 is 36.1 Å². The lowest BCUT2D eigenvalue weighted by Crippen LogP contribution is -1.81. The zero-order valence-electron chi connectivity index (χ0n) is 8.47. The van der Waals surface area contributed by atoms with Crippen molar-refractivity contribution in [3.63, 3.8) is 0 Å². The second kappa shape index (κ2) is 5.19. The molecule has 0 amide bonds. The summed E-state index contributed by atoms with van der Waals surface area (Å²) >= 11 is 10.3. The maximum atomic E-state index is 6.02. The zero-order chi connectivity index (χ0) is 11.4. The average molecular weight is 248 g/mol. The Morgan fingerprint density at radius 3 is 2.44 bits per heavy atom. The van der Waals surface area contributed by atoms with Crippen molar-refractivity contribution in [3.8, 4) is 0 Å². The van der Waals surface area contributed by atoms with Crippen molar-refractivity contribution in [2.75, 3.05) is 0 Å². The number of hydrogen-bond donors (Lipinski definition) is 1. The molecule has 0 radical (unpaired) electrons. The van der Waals surface area contributed by atoms with Crippen LogP contribution in [-0.2, 0) is 0 Å². The fourth-order valence-corrected chi connectivity index (χ4v) is 1.70. The molecule has 0 aromatic heterocycles. The van der Waals surface area contributed by atoms with Crippen molar-refractivity contribution in [1.29, 1.82) is 0 Å². The lowest BCUT2D eigenvalue weighted by atomic mass is 10.2. The molecule has 0 saturated heterocycles. The Labute approximate surface area is 105 Å². The van der Waals surface area contributed by atoms with Gasteiger partial charge in [-0.05, 0) is 18.2 Å². The molecule has 0 fully saturated rings. The second-order valence-corrected chi connectivity index (χ2v) is 4.16. The van der Waals surface area contributed by atoms with Crippen LogP contribution in [0.15, 0.2) is 58.4 Å². The van der Waals surface area contributed by atoms with E-state index < -0.39 is 0 Å². The van der Waals surface area contributed by atoms with Gasteiger partial charge in [-0.1, -0.05) is 41.9 Å². The maximum absolute atomic E-state index is 6.02. The number of rotatable bonds is 2. The molecule has 0 bridgehead atoms. The van der Waals surface area contributed by atoms with Crippen molar-refractivity contribution in [3.05, 3.63) is 59.1 Å². The molecular weight excluding hydrogens is 238 g/mol. The minimum absolute atomic E-state index is 0.697. The summed E-state index contributed by atoms with van der Waals surface area (Å²) in [7, 11) is 0. The first-order valence-corrected chi connectivity index (χ1v) is 5.66. The lowest BCUT2D eigenvalue weighted by molar-refractivity contribution is 1.39. The van der Waals surface area contributed by atoms with Gasteiger partial charge in [-0.15, -0.1) is 12.6 Å². The number of halogens is 1. The monoisotopic (exact) mass is 247 g/mol. The molecule has 0 aliphatic heterocycles. The number of nitrogens with zero attached hydrogens (tertiary/aromatic N) is 1. The summed E-state index contributed by atoms with van der Waals surface area (Å²) < 4.78 is 0. The topological polar surface area (TPSA) is 12.4 Å². The fraction of sp³-hybridized carbons (Fsp3) is 0. The largest absolute Gasteiger partial charge is 0.255 e.